The van der Waals surface area contributed by atoms with Gasteiger partial charge in [0.15, 0.2) is 0 Å². The van der Waals surface area contributed by atoms with E-state index in [2.05, 4.69) is 0 Å². The Balaban J connectivity index is 2.37. The standard InChI is InChI=1S/C14H13ClFNS/c1-9(17)14-12(16)6-3-7-13(14)18-11-5-2-4-10(15)8-11/h2-9H,17H2,1H3/t9-/m1/s1. The normalized spacial score (nSPS) is 12.4. The first-order chi connectivity index (χ1) is 8.58. The average molecular weight is 282 g/mol. The van der Waals surface area contributed by atoms with Crippen molar-refractivity contribution in [2.75, 3.05) is 0 Å². The largest absolute Gasteiger partial charge is 0.324 e. The first kappa shape index (κ1) is 13.4. The number of rotatable bonds is 3. The molecule has 94 valence electrons. The molecule has 0 heterocycles. The van der Waals surface area contributed by atoms with Crippen molar-refractivity contribution in [3.05, 3.63) is 58.9 Å². The molecule has 0 radical (unpaired) electrons. The molecule has 0 aliphatic heterocycles. The summed E-state index contributed by atoms with van der Waals surface area (Å²) >= 11 is 7.40. The highest BCUT2D eigenvalue weighted by molar-refractivity contribution is 7.99. The second-order valence-electron chi connectivity index (χ2n) is 4.00. The Labute approximate surface area is 115 Å². The van der Waals surface area contributed by atoms with E-state index in [1.807, 2.05) is 30.3 Å². The molecule has 2 N–H and O–H groups in total. The molecule has 0 saturated carbocycles. The summed E-state index contributed by atoms with van der Waals surface area (Å²) in [6, 6.07) is 12.1. The molecule has 2 aromatic carbocycles. The fraction of sp³-hybridized carbons (Fsp3) is 0.143. The molecule has 0 aliphatic carbocycles. The highest BCUT2D eigenvalue weighted by Crippen LogP contribution is 2.34. The first-order valence-electron chi connectivity index (χ1n) is 5.55. The predicted octanol–water partition coefficient (Wildman–Crippen LogP) is 4.65. The van der Waals surface area contributed by atoms with E-state index >= 15 is 0 Å². The summed E-state index contributed by atoms with van der Waals surface area (Å²) < 4.78 is 13.8. The molecule has 0 unspecified atom stereocenters. The number of benzene rings is 2. The van der Waals surface area contributed by atoms with Gasteiger partial charge in [-0.05, 0) is 37.3 Å². The van der Waals surface area contributed by atoms with Crippen molar-refractivity contribution in [2.45, 2.75) is 22.8 Å². The van der Waals surface area contributed by atoms with Gasteiger partial charge in [-0.15, -0.1) is 0 Å². The number of hydrogen-bond acceptors (Lipinski definition) is 2. The second-order valence-corrected chi connectivity index (χ2v) is 5.55. The van der Waals surface area contributed by atoms with Gasteiger partial charge in [-0.25, -0.2) is 4.39 Å². The third-order valence-electron chi connectivity index (χ3n) is 2.49. The monoisotopic (exact) mass is 281 g/mol. The Morgan fingerprint density at radius 3 is 2.61 bits per heavy atom. The van der Waals surface area contributed by atoms with E-state index in [1.165, 1.54) is 17.8 Å². The van der Waals surface area contributed by atoms with E-state index in [-0.39, 0.29) is 11.9 Å². The SMILES string of the molecule is C[C@@H](N)c1c(F)cccc1Sc1cccc(Cl)c1. The molecule has 4 heteroatoms. The van der Waals surface area contributed by atoms with Crippen LogP contribution in [0.15, 0.2) is 52.3 Å². The van der Waals surface area contributed by atoms with Crippen molar-refractivity contribution in [3.63, 3.8) is 0 Å². The van der Waals surface area contributed by atoms with Crippen LogP contribution in [0.3, 0.4) is 0 Å². The Bertz CT molecular complexity index is 557. The van der Waals surface area contributed by atoms with Crippen molar-refractivity contribution < 1.29 is 4.39 Å². The Kier molecular flexibility index (Phi) is 4.27. The van der Waals surface area contributed by atoms with Gasteiger partial charge in [0.1, 0.15) is 5.82 Å². The Morgan fingerprint density at radius 1 is 1.22 bits per heavy atom. The third kappa shape index (κ3) is 3.05. The van der Waals surface area contributed by atoms with Crippen molar-refractivity contribution in [3.8, 4) is 0 Å². The van der Waals surface area contributed by atoms with Crippen molar-refractivity contribution in [1.82, 2.24) is 0 Å². The van der Waals surface area contributed by atoms with Gasteiger partial charge in [-0.2, -0.15) is 0 Å². The van der Waals surface area contributed by atoms with Crippen LogP contribution in [0, 0.1) is 5.82 Å². The molecule has 0 aliphatic rings. The van der Waals surface area contributed by atoms with Crippen LogP contribution >= 0.6 is 23.4 Å². The van der Waals surface area contributed by atoms with Gasteiger partial charge >= 0.3 is 0 Å². The van der Waals surface area contributed by atoms with E-state index in [0.717, 1.165) is 9.79 Å². The lowest BCUT2D eigenvalue weighted by atomic mass is 10.1. The lowest BCUT2D eigenvalue weighted by Crippen LogP contribution is -2.08. The van der Waals surface area contributed by atoms with Gasteiger partial charge in [-0.1, -0.05) is 35.5 Å². The molecule has 2 rings (SSSR count). The topological polar surface area (TPSA) is 26.0 Å². The number of nitrogens with two attached hydrogens (primary N) is 1. The molecular formula is C14H13ClFNS. The van der Waals surface area contributed by atoms with E-state index in [9.17, 15) is 4.39 Å². The molecular weight excluding hydrogens is 269 g/mol. The third-order valence-corrected chi connectivity index (χ3v) is 3.79. The molecule has 1 nitrogen and oxygen atoms in total. The van der Waals surface area contributed by atoms with E-state index < -0.39 is 0 Å². The zero-order valence-electron chi connectivity index (χ0n) is 9.86. The van der Waals surface area contributed by atoms with Crippen LogP contribution in [0.2, 0.25) is 5.02 Å². The Morgan fingerprint density at radius 2 is 1.94 bits per heavy atom. The summed E-state index contributed by atoms with van der Waals surface area (Å²) in [5.74, 6) is -0.267. The average Bonchev–Trinajstić information content (AvgIpc) is 2.28. The van der Waals surface area contributed by atoms with Crippen molar-refractivity contribution in [2.24, 2.45) is 5.73 Å². The maximum absolute atomic E-state index is 13.8. The number of halogens is 2. The van der Waals surface area contributed by atoms with Crippen LogP contribution in [0.1, 0.15) is 18.5 Å². The van der Waals surface area contributed by atoms with Crippen LogP contribution in [-0.2, 0) is 0 Å². The van der Waals surface area contributed by atoms with Gasteiger partial charge in [0.25, 0.3) is 0 Å². The zero-order chi connectivity index (χ0) is 13.1. The molecule has 0 bridgehead atoms. The molecule has 0 saturated heterocycles. The smallest absolute Gasteiger partial charge is 0.129 e. The minimum Gasteiger partial charge on any atom is -0.324 e. The second kappa shape index (κ2) is 5.74. The summed E-state index contributed by atoms with van der Waals surface area (Å²) in [6.45, 7) is 1.78. The van der Waals surface area contributed by atoms with Gasteiger partial charge in [0, 0.05) is 26.4 Å². The predicted molar refractivity (Wildman–Crippen MR) is 74.6 cm³/mol. The minimum absolute atomic E-state index is 0.267. The summed E-state index contributed by atoms with van der Waals surface area (Å²) in [5, 5.41) is 0.666. The van der Waals surface area contributed by atoms with E-state index in [0.29, 0.717) is 10.6 Å². The van der Waals surface area contributed by atoms with Crippen molar-refractivity contribution >= 4 is 23.4 Å². The quantitative estimate of drug-likeness (QED) is 0.886. The van der Waals surface area contributed by atoms with Crippen LogP contribution < -0.4 is 5.73 Å². The molecule has 2 aromatic rings. The lowest BCUT2D eigenvalue weighted by Gasteiger charge is -2.13. The van der Waals surface area contributed by atoms with E-state index in [4.69, 9.17) is 17.3 Å². The van der Waals surface area contributed by atoms with Gasteiger partial charge < -0.3 is 5.73 Å². The van der Waals surface area contributed by atoms with Crippen molar-refractivity contribution in [1.29, 1.82) is 0 Å². The maximum atomic E-state index is 13.8. The van der Waals surface area contributed by atoms with Crippen LogP contribution in [-0.4, -0.2) is 0 Å². The summed E-state index contributed by atoms with van der Waals surface area (Å²) in [6.07, 6.45) is 0. The fourth-order valence-corrected chi connectivity index (χ4v) is 3.09. The molecule has 0 spiro atoms. The highest BCUT2D eigenvalue weighted by Gasteiger charge is 2.13. The first-order valence-corrected chi connectivity index (χ1v) is 6.75. The van der Waals surface area contributed by atoms with Gasteiger partial charge in [-0.3, -0.25) is 0 Å². The Hall–Kier alpha value is -1.03. The van der Waals surface area contributed by atoms with Gasteiger partial charge in [0.2, 0.25) is 0 Å². The molecule has 18 heavy (non-hydrogen) atoms. The molecule has 0 aromatic heterocycles. The fourth-order valence-electron chi connectivity index (χ4n) is 1.71. The summed E-state index contributed by atoms with van der Waals surface area (Å²) in [4.78, 5) is 1.79. The molecule has 0 amide bonds. The molecule has 1 atom stereocenters. The zero-order valence-corrected chi connectivity index (χ0v) is 11.4. The lowest BCUT2D eigenvalue weighted by molar-refractivity contribution is 0.585. The minimum atomic E-state index is -0.340. The van der Waals surface area contributed by atoms with Crippen LogP contribution in [0.5, 0.6) is 0 Å². The highest BCUT2D eigenvalue weighted by atomic mass is 35.5. The molecule has 0 fully saturated rings. The van der Waals surface area contributed by atoms with Crippen LogP contribution in [0.4, 0.5) is 4.39 Å². The van der Waals surface area contributed by atoms with Gasteiger partial charge in [0.05, 0.1) is 0 Å². The summed E-state index contributed by atoms with van der Waals surface area (Å²) in [5.41, 5.74) is 6.36. The van der Waals surface area contributed by atoms with Crippen LogP contribution in [0.25, 0.3) is 0 Å². The van der Waals surface area contributed by atoms with E-state index in [1.54, 1.807) is 13.0 Å². The number of hydrogen-bond donors (Lipinski definition) is 1. The summed E-state index contributed by atoms with van der Waals surface area (Å²) in [7, 11) is 0. The maximum Gasteiger partial charge on any atom is 0.129 e.